The van der Waals surface area contributed by atoms with Gasteiger partial charge in [0.25, 0.3) is 0 Å². The van der Waals surface area contributed by atoms with Crippen molar-refractivity contribution in [3.05, 3.63) is 29.8 Å². The Morgan fingerprint density at radius 3 is 2.80 bits per heavy atom. The lowest BCUT2D eigenvalue weighted by atomic mass is 10.1. The maximum Gasteiger partial charge on any atom is 0.317 e. The molecule has 1 unspecified atom stereocenters. The largest absolute Gasteiger partial charge is 0.494 e. The Labute approximate surface area is 124 Å². The molecule has 0 fully saturated rings. The zero-order chi connectivity index (χ0) is 15.1. The van der Waals surface area contributed by atoms with Gasteiger partial charge < -0.3 is 15.6 Å². The Hall–Kier alpha value is -1.66. The highest BCUT2D eigenvalue weighted by atomic mass is 32.1. The fraction of sp³-hybridized carbons (Fsp3) is 0.429. The zero-order valence-corrected chi connectivity index (χ0v) is 12.5. The van der Waals surface area contributed by atoms with Crippen LogP contribution < -0.4 is 10.5 Å². The van der Waals surface area contributed by atoms with Gasteiger partial charge in [0, 0.05) is 0 Å². The maximum absolute atomic E-state index is 10.8. The van der Waals surface area contributed by atoms with Crippen LogP contribution in [0.1, 0.15) is 24.9 Å². The number of likely N-dealkylation sites (N-methyl/N-ethyl adjacent to an activating group) is 1. The van der Waals surface area contributed by atoms with Crippen molar-refractivity contribution in [1.82, 2.24) is 4.90 Å². The molecular formula is C14H20N2O3S. The van der Waals surface area contributed by atoms with E-state index in [-0.39, 0.29) is 11.5 Å². The van der Waals surface area contributed by atoms with E-state index in [9.17, 15) is 4.79 Å². The average molecular weight is 296 g/mol. The second-order valence-electron chi connectivity index (χ2n) is 4.53. The molecule has 0 spiro atoms. The number of hydrogen-bond acceptors (Lipinski definition) is 4. The van der Waals surface area contributed by atoms with E-state index in [2.05, 4.69) is 0 Å². The van der Waals surface area contributed by atoms with Gasteiger partial charge >= 0.3 is 5.97 Å². The summed E-state index contributed by atoms with van der Waals surface area (Å²) in [6.07, 6.45) is 0.919. The molecule has 0 aliphatic heterocycles. The van der Waals surface area contributed by atoms with Crippen molar-refractivity contribution in [2.75, 3.05) is 20.2 Å². The summed E-state index contributed by atoms with van der Waals surface area (Å²) in [5, 5.41) is 8.88. The minimum atomic E-state index is -0.924. The highest BCUT2D eigenvalue weighted by Gasteiger charge is 2.22. The molecule has 110 valence electrons. The average Bonchev–Trinajstić information content (AvgIpc) is 2.35. The summed E-state index contributed by atoms with van der Waals surface area (Å²) in [6, 6.07) is 6.98. The summed E-state index contributed by atoms with van der Waals surface area (Å²) in [5.41, 5.74) is 6.58. The molecule has 0 amide bonds. The van der Waals surface area contributed by atoms with E-state index in [0.717, 1.165) is 17.7 Å². The van der Waals surface area contributed by atoms with Crippen LogP contribution in [-0.2, 0) is 4.79 Å². The zero-order valence-electron chi connectivity index (χ0n) is 11.7. The summed E-state index contributed by atoms with van der Waals surface area (Å²) in [4.78, 5) is 12.7. The minimum absolute atomic E-state index is 0.137. The third-order valence-electron chi connectivity index (χ3n) is 2.74. The third-order valence-corrected chi connectivity index (χ3v) is 2.96. The Bertz CT molecular complexity index is 479. The number of nitrogens with zero attached hydrogens (tertiary/aromatic N) is 1. The van der Waals surface area contributed by atoms with E-state index in [1.54, 1.807) is 11.9 Å². The number of carboxylic acids is 1. The summed E-state index contributed by atoms with van der Waals surface area (Å²) in [7, 11) is 1.68. The predicted octanol–water partition coefficient (Wildman–Crippen LogP) is 1.82. The first-order valence-corrected chi connectivity index (χ1v) is 6.80. The number of nitrogens with two attached hydrogens (primary N) is 1. The number of hydrogen-bond donors (Lipinski definition) is 2. The summed E-state index contributed by atoms with van der Waals surface area (Å²) in [5.74, 6) is -0.193. The van der Waals surface area contributed by atoms with Crippen LogP contribution in [-0.4, -0.2) is 41.2 Å². The van der Waals surface area contributed by atoms with Crippen LogP contribution in [0.2, 0.25) is 0 Å². The molecule has 20 heavy (non-hydrogen) atoms. The van der Waals surface area contributed by atoms with Crippen LogP contribution >= 0.6 is 12.2 Å². The van der Waals surface area contributed by atoms with Crippen molar-refractivity contribution in [3.8, 4) is 5.75 Å². The van der Waals surface area contributed by atoms with E-state index < -0.39 is 12.0 Å². The number of aliphatic carboxylic acids is 1. The van der Waals surface area contributed by atoms with Crippen molar-refractivity contribution in [3.63, 3.8) is 0 Å². The standard InChI is InChI=1S/C14H20N2O3S/c1-3-7-19-11-6-4-5-10(8-11)13(14(15)20)16(2)9-12(17)18/h4-6,8,13H,3,7,9H2,1-2H3,(H2,15,20)(H,17,18). The predicted molar refractivity (Wildman–Crippen MR) is 82.0 cm³/mol. The van der Waals surface area contributed by atoms with Gasteiger partial charge in [0.1, 0.15) is 5.75 Å². The van der Waals surface area contributed by atoms with Gasteiger partial charge in [-0.2, -0.15) is 0 Å². The Morgan fingerprint density at radius 2 is 2.25 bits per heavy atom. The van der Waals surface area contributed by atoms with Crippen LogP contribution in [0.15, 0.2) is 24.3 Å². The van der Waals surface area contributed by atoms with Crippen molar-refractivity contribution in [2.45, 2.75) is 19.4 Å². The number of ether oxygens (including phenoxy) is 1. The van der Waals surface area contributed by atoms with Crippen LogP contribution in [0.3, 0.4) is 0 Å². The fourth-order valence-corrected chi connectivity index (χ4v) is 2.25. The molecule has 0 aromatic heterocycles. The summed E-state index contributed by atoms with van der Waals surface area (Å²) >= 11 is 5.06. The first kappa shape index (κ1) is 16.4. The Kier molecular flexibility index (Phi) is 6.41. The molecule has 1 aromatic rings. The summed E-state index contributed by atoms with van der Waals surface area (Å²) in [6.45, 7) is 2.52. The molecule has 0 aliphatic rings. The van der Waals surface area contributed by atoms with Crippen molar-refractivity contribution in [1.29, 1.82) is 0 Å². The first-order chi connectivity index (χ1) is 9.45. The topological polar surface area (TPSA) is 75.8 Å². The number of carboxylic acid groups (broad SMARTS) is 1. The number of benzene rings is 1. The second-order valence-corrected chi connectivity index (χ2v) is 5.01. The third kappa shape index (κ3) is 4.79. The highest BCUT2D eigenvalue weighted by molar-refractivity contribution is 7.80. The monoisotopic (exact) mass is 296 g/mol. The van der Waals surface area contributed by atoms with Crippen LogP contribution in [0.4, 0.5) is 0 Å². The van der Waals surface area contributed by atoms with Crippen LogP contribution in [0, 0.1) is 0 Å². The molecule has 5 nitrogen and oxygen atoms in total. The molecule has 3 N–H and O–H groups in total. The lowest BCUT2D eigenvalue weighted by molar-refractivity contribution is -0.138. The summed E-state index contributed by atoms with van der Waals surface area (Å²) < 4.78 is 5.57. The van der Waals surface area contributed by atoms with E-state index in [0.29, 0.717) is 6.61 Å². The molecule has 0 heterocycles. The Balaban J connectivity index is 2.96. The number of thiocarbonyl (C=S) groups is 1. The molecule has 0 saturated carbocycles. The van der Waals surface area contributed by atoms with Gasteiger partial charge in [-0.15, -0.1) is 0 Å². The number of rotatable bonds is 8. The van der Waals surface area contributed by atoms with Crippen molar-refractivity contribution in [2.24, 2.45) is 5.73 Å². The minimum Gasteiger partial charge on any atom is -0.494 e. The quantitative estimate of drug-likeness (QED) is 0.713. The molecule has 6 heteroatoms. The normalized spacial score (nSPS) is 12.2. The lowest BCUT2D eigenvalue weighted by Crippen LogP contribution is -2.37. The Morgan fingerprint density at radius 1 is 1.55 bits per heavy atom. The van der Waals surface area contributed by atoms with E-state index in [1.165, 1.54) is 0 Å². The van der Waals surface area contributed by atoms with Gasteiger partial charge in [-0.1, -0.05) is 31.3 Å². The molecule has 0 aliphatic carbocycles. The highest BCUT2D eigenvalue weighted by Crippen LogP contribution is 2.24. The molecule has 0 bridgehead atoms. The van der Waals surface area contributed by atoms with Crippen molar-refractivity contribution < 1.29 is 14.6 Å². The van der Waals surface area contributed by atoms with E-state index in [1.807, 2.05) is 31.2 Å². The van der Waals surface area contributed by atoms with Gasteiger partial charge in [0.15, 0.2) is 0 Å². The van der Waals surface area contributed by atoms with Crippen LogP contribution in [0.5, 0.6) is 5.75 Å². The molecule has 0 saturated heterocycles. The molecular weight excluding hydrogens is 276 g/mol. The van der Waals surface area contributed by atoms with Gasteiger partial charge in [0.2, 0.25) is 0 Å². The number of carbonyl (C=O) groups is 1. The van der Waals surface area contributed by atoms with E-state index in [4.69, 9.17) is 27.8 Å². The molecule has 1 atom stereocenters. The molecule has 1 aromatic carbocycles. The first-order valence-electron chi connectivity index (χ1n) is 6.39. The van der Waals surface area contributed by atoms with Gasteiger partial charge in [-0.3, -0.25) is 9.69 Å². The second kappa shape index (κ2) is 7.81. The smallest absolute Gasteiger partial charge is 0.317 e. The van der Waals surface area contributed by atoms with Crippen LogP contribution in [0.25, 0.3) is 0 Å². The maximum atomic E-state index is 10.8. The SMILES string of the molecule is CCCOc1cccc(C(C(N)=S)N(C)CC(=O)O)c1. The van der Waals surface area contributed by atoms with Gasteiger partial charge in [-0.25, -0.2) is 0 Å². The van der Waals surface area contributed by atoms with Crippen molar-refractivity contribution >= 4 is 23.2 Å². The van der Waals surface area contributed by atoms with Gasteiger partial charge in [0.05, 0.1) is 24.2 Å². The van der Waals surface area contributed by atoms with Gasteiger partial charge in [-0.05, 0) is 31.2 Å². The lowest BCUT2D eigenvalue weighted by Gasteiger charge is -2.26. The fourth-order valence-electron chi connectivity index (χ4n) is 1.93. The van der Waals surface area contributed by atoms with E-state index >= 15 is 0 Å². The molecule has 0 radical (unpaired) electrons. The molecule has 1 rings (SSSR count).